The van der Waals surface area contributed by atoms with Gasteiger partial charge in [0, 0.05) is 48.8 Å². The first-order valence-electron chi connectivity index (χ1n) is 8.84. The Balaban J connectivity index is 1.32. The topological polar surface area (TPSA) is 79.6 Å². The molecule has 1 aliphatic carbocycles. The maximum absolute atomic E-state index is 12.6. The summed E-state index contributed by atoms with van der Waals surface area (Å²) < 4.78 is 0. The van der Waals surface area contributed by atoms with Gasteiger partial charge in [-0.25, -0.2) is 4.98 Å². The molecule has 0 spiro atoms. The van der Waals surface area contributed by atoms with Crippen LogP contribution in [0.5, 0.6) is 0 Å². The summed E-state index contributed by atoms with van der Waals surface area (Å²) in [5.41, 5.74) is 1.79. The van der Waals surface area contributed by atoms with Crippen LogP contribution in [-0.4, -0.2) is 51.8 Å². The van der Waals surface area contributed by atoms with Crippen LogP contribution >= 0.6 is 11.3 Å². The van der Waals surface area contributed by atoms with Crippen LogP contribution in [0.1, 0.15) is 32.4 Å². The molecule has 26 heavy (non-hydrogen) atoms. The van der Waals surface area contributed by atoms with Crippen LogP contribution < -0.4 is 0 Å². The molecule has 2 heterocycles. The zero-order valence-corrected chi connectivity index (χ0v) is 15.2. The summed E-state index contributed by atoms with van der Waals surface area (Å²) in [6.45, 7) is 3.84. The average molecular weight is 372 g/mol. The van der Waals surface area contributed by atoms with Crippen molar-refractivity contribution >= 4 is 22.9 Å². The van der Waals surface area contributed by atoms with Crippen molar-refractivity contribution < 1.29 is 9.72 Å². The second kappa shape index (κ2) is 7.13. The summed E-state index contributed by atoms with van der Waals surface area (Å²) in [5.74, 6) is -0.0622. The molecule has 0 atom stereocenters. The highest BCUT2D eigenvalue weighted by Crippen LogP contribution is 2.28. The number of nitrogens with zero attached hydrogens (tertiary/aromatic N) is 4. The van der Waals surface area contributed by atoms with Gasteiger partial charge < -0.3 is 4.90 Å². The molecule has 8 heteroatoms. The number of aryl methyl sites for hydroxylation is 2. The van der Waals surface area contributed by atoms with Crippen molar-refractivity contribution in [2.45, 2.75) is 25.8 Å². The summed E-state index contributed by atoms with van der Waals surface area (Å²) in [7, 11) is 0. The van der Waals surface area contributed by atoms with E-state index < -0.39 is 4.92 Å². The number of hydrogen-bond donors (Lipinski definition) is 0. The van der Waals surface area contributed by atoms with Crippen molar-refractivity contribution in [1.29, 1.82) is 0 Å². The highest BCUT2D eigenvalue weighted by molar-refractivity contribution is 7.11. The average Bonchev–Trinajstić information content (AvgIpc) is 3.23. The van der Waals surface area contributed by atoms with Crippen molar-refractivity contribution in [3.8, 4) is 0 Å². The number of aromatic nitrogens is 1. The predicted octanol–water partition coefficient (Wildman–Crippen LogP) is 2.50. The lowest BCUT2D eigenvalue weighted by molar-refractivity contribution is -0.384. The van der Waals surface area contributed by atoms with Gasteiger partial charge in [-0.3, -0.25) is 19.8 Å². The monoisotopic (exact) mass is 372 g/mol. The second-order valence-electron chi connectivity index (χ2n) is 6.70. The van der Waals surface area contributed by atoms with Gasteiger partial charge in [0.15, 0.2) is 0 Å². The van der Waals surface area contributed by atoms with Crippen molar-refractivity contribution in [3.63, 3.8) is 0 Å². The molecule has 0 unspecified atom stereocenters. The lowest BCUT2D eigenvalue weighted by atomic mass is 10.1. The van der Waals surface area contributed by atoms with E-state index in [1.54, 1.807) is 0 Å². The van der Waals surface area contributed by atoms with Gasteiger partial charge in [-0.05, 0) is 31.4 Å². The third-order valence-electron chi connectivity index (χ3n) is 4.98. The fourth-order valence-electron chi connectivity index (χ4n) is 3.52. The van der Waals surface area contributed by atoms with Crippen molar-refractivity contribution in [2.75, 3.05) is 26.2 Å². The number of amides is 1. The number of piperazine rings is 1. The molecule has 4 rings (SSSR count). The Morgan fingerprint density at radius 3 is 2.54 bits per heavy atom. The number of fused-ring (bicyclic) bond motifs is 1. The van der Waals surface area contributed by atoms with Crippen LogP contribution in [0.2, 0.25) is 0 Å². The number of carbonyl (C=O) groups excluding carboxylic acids is 1. The Kier molecular flexibility index (Phi) is 4.69. The van der Waals surface area contributed by atoms with E-state index >= 15 is 0 Å². The number of hydrogen-bond acceptors (Lipinski definition) is 6. The van der Waals surface area contributed by atoms with Gasteiger partial charge in [0.05, 0.1) is 17.2 Å². The minimum Gasteiger partial charge on any atom is -0.336 e. The number of rotatable bonds is 4. The van der Waals surface area contributed by atoms with Crippen LogP contribution in [0.15, 0.2) is 24.3 Å². The Morgan fingerprint density at radius 2 is 1.88 bits per heavy atom. The molecular formula is C18H20N4O3S. The number of thiazole rings is 1. The van der Waals surface area contributed by atoms with E-state index in [2.05, 4.69) is 4.90 Å². The molecule has 0 saturated carbocycles. The molecule has 0 radical (unpaired) electrons. The smallest absolute Gasteiger partial charge is 0.269 e. The number of carbonyl (C=O) groups is 1. The van der Waals surface area contributed by atoms with Gasteiger partial charge in [-0.15, -0.1) is 11.3 Å². The molecule has 1 fully saturated rings. The first-order valence-corrected chi connectivity index (χ1v) is 9.65. The number of nitro groups is 1. The normalized spacial score (nSPS) is 17.3. The molecule has 2 aliphatic rings. The van der Waals surface area contributed by atoms with Crippen LogP contribution in [0.4, 0.5) is 5.69 Å². The maximum Gasteiger partial charge on any atom is 0.269 e. The third kappa shape index (κ3) is 3.47. The molecule has 1 aliphatic heterocycles. The summed E-state index contributed by atoms with van der Waals surface area (Å²) >= 11 is 1.83. The first-order chi connectivity index (χ1) is 12.6. The van der Waals surface area contributed by atoms with E-state index in [1.165, 1.54) is 52.7 Å². The minimum atomic E-state index is -0.457. The van der Waals surface area contributed by atoms with Crippen LogP contribution in [-0.2, 0) is 19.4 Å². The zero-order chi connectivity index (χ0) is 18.1. The lowest BCUT2D eigenvalue weighted by Gasteiger charge is -2.34. The standard InChI is InChI=1S/C18H20N4O3S/c23-18(13-4-6-14(7-5-13)22(24)25)21-10-8-20(9-11-21)12-17-19-15-2-1-3-16(15)26-17/h4-7H,1-3,8-12H2. The summed E-state index contributed by atoms with van der Waals surface area (Å²) in [5, 5.41) is 11.9. The second-order valence-corrected chi connectivity index (χ2v) is 7.87. The van der Waals surface area contributed by atoms with E-state index in [-0.39, 0.29) is 11.6 Å². The largest absolute Gasteiger partial charge is 0.336 e. The number of benzene rings is 1. The Labute approximate surface area is 155 Å². The fraction of sp³-hybridized carbons (Fsp3) is 0.444. The Bertz CT molecular complexity index is 804. The molecule has 1 saturated heterocycles. The van der Waals surface area contributed by atoms with E-state index in [0.717, 1.165) is 26.1 Å². The quantitative estimate of drug-likeness (QED) is 0.609. The number of non-ortho nitro benzene ring substituents is 1. The summed E-state index contributed by atoms with van der Waals surface area (Å²) in [6.07, 6.45) is 3.52. The molecule has 1 amide bonds. The van der Waals surface area contributed by atoms with Gasteiger partial charge in [0.25, 0.3) is 11.6 Å². The highest BCUT2D eigenvalue weighted by Gasteiger charge is 2.24. The first kappa shape index (κ1) is 17.1. The van der Waals surface area contributed by atoms with Crippen molar-refractivity contribution in [3.05, 3.63) is 55.5 Å². The maximum atomic E-state index is 12.6. The third-order valence-corrected chi connectivity index (χ3v) is 6.13. The molecule has 2 aromatic rings. The molecule has 0 bridgehead atoms. The van der Waals surface area contributed by atoms with Gasteiger partial charge in [0.1, 0.15) is 5.01 Å². The number of nitro benzene ring substituents is 1. The van der Waals surface area contributed by atoms with Crippen molar-refractivity contribution in [2.24, 2.45) is 0 Å². The molecule has 136 valence electrons. The zero-order valence-electron chi connectivity index (χ0n) is 14.4. The SMILES string of the molecule is O=C(c1ccc([N+](=O)[O-])cc1)N1CCN(Cc2nc3c(s2)CCC3)CC1. The molecule has 1 aromatic carbocycles. The predicted molar refractivity (Wildman–Crippen MR) is 98.4 cm³/mol. The van der Waals surface area contributed by atoms with Gasteiger partial charge in [-0.1, -0.05) is 0 Å². The Hall–Kier alpha value is -2.32. The van der Waals surface area contributed by atoms with Gasteiger partial charge in [-0.2, -0.15) is 0 Å². The van der Waals surface area contributed by atoms with E-state index in [4.69, 9.17) is 4.98 Å². The summed E-state index contributed by atoms with van der Waals surface area (Å²) in [4.78, 5) is 33.2. The van der Waals surface area contributed by atoms with E-state index in [9.17, 15) is 14.9 Å². The van der Waals surface area contributed by atoms with Gasteiger partial charge >= 0.3 is 0 Å². The molecule has 7 nitrogen and oxygen atoms in total. The van der Waals surface area contributed by atoms with Crippen molar-refractivity contribution in [1.82, 2.24) is 14.8 Å². The van der Waals surface area contributed by atoms with E-state index in [1.807, 2.05) is 16.2 Å². The van der Waals surface area contributed by atoms with E-state index in [0.29, 0.717) is 18.7 Å². The van der Waals surface area contributed by atoms with Crippen LogP contribution in [0.3, 0.4) is 0 Å². The molecular weight excluding hydrogens is 352 g/mol. The van der Waals surface area contributed by atoms with Crippen LogP contribution in [0, 0.1) is 10.1 Å². The fourth-order valence-corrected chi connectivity index (χ4v) is 4.72. The highest BCUT2D eigenvalue weighted by atomic mass is 32.1. The lowest BCUT2D eigenvalue weighted by Crippen LogP contribution is -2.48. The molecule has 0 N–H and O–H groups in total. The summed E-state index contributed by atoms with van der Waals surface area (Å²) in [6, 6.07) is 5.82. The van der Waals surface area contributed by atoms with Crippen LogP contribution in [0.25, 0.3) is 0 Å². The minimum absolute atomic E-state index is 0.00159. The molecule has 1 aromatic heterocycles. The van der Waals surface area contributed by atoms with Gasteiger partial charge in [0.2, 0.25) is 0 Å². The Morgan fingerprint density at radius 1 is 1.15 bits per heavy atom.